The second-order valence-electron chi connectivity index (χ2n) is 5.81. The Kier molecular flexibility index (Phi) is 9.88. The van der Waals surface area contributed by atoms with Crippen LogP contribution < -0.4 is 15.4 Å². The van der Waals surface area contributed by atoms with Crippen LogP contribution in [0.1, 0.15) is 17.5 Å². The van der Waals surface area contributed by atoms with Crippen molar-refractivity contribution in [3.63, 3.8) is 0 Å². The molecule has 6 heteroatoms. The lowest BCUT2D eigenvalue weighted by Gasteiger charge is -2.18. The summed E-state index contributed by atoms with van der Waals surface area (Å²) >= 11 is 0. The Labute approximate surface area is 146 Å². The number of nitrogens with one attached hydrogen (secondary N) is 2. The molecule has 6 nitrogen and oxygen atoms in total. The fourth-order valence-corrected chi connectivity index (χ4v) is 2.41. The average molecular weight is 336 g/mol. The Morgan fingerprint density at radius 3 is 2.62 bits per heavy atom. The molecule has 2 N–H and O–H groups in total. The van der Waals surface area contributed by atoms with Gasteiger partial charge in [0.25, 0.3) is 0 Å². The van der Waals surface area contributed by atoms with E-state index in [2.05, 4.69) is 46.6 Å². The van der Waals surface area contributed by atoms with Crippen molar-refractivity contribution < 1.29 is 9.47 Å². The molecule has 1 aromatic rings. The number of rotatable bonds is 10. The molecule has 0 aliphatic carbocycles. The van der Waals surface area contributed by atoms with Crippen LogP contribution in [0.5, 0.6) is 5.75 Å². The lowest BCUT2D eigenvalue weighted by Crippen LogP contribution is -2.40. The summed E-state index contributed by atoms with van der Waals surface area (Å²) in [4.78, 5) is 6.55. The van der Waals surface area contributed by atoms with Crippen molar-refractivity contribution in [3.05, 3.63) is 29.3 Å². The quantitative estimate of drug-likeness (QED) is 0.386. The Bertz CT molecular complexity index is 506. The smallest absolute Gasteiger partial charge is 0.191 e. The van der Waals surface area contributed by atoms with Crippen LogP contribution in [0.15, 0.2) is 23.2 Å². The number of guanidine groups is 1. The van der Waals surface area contributed by atoms with Gasteiger partial charge in [-0.1, -0.05) is 12.1 Å². The maximum atomic E-state index is 5.29. The van der Waals surface area contributed by atoms with E-state index in [1.807, 2.05) is 6.07 Å². The molecule has 0 aromatic heterocycles. The van der Waals surface area contributed by atoms with Crippen molar-refractivity contribution in [2.45, 2.75) is 19.9 Å². The Morgan fingerprint density at radius 1 is 1.21 bits per heavy atom. The first-order chi connectivity index (χ1) is 11.6. The molecule has 0 unspecified atom stereocenters. The van der Waals surface area contributed by atoms with Crippen LogP contribution >= 0.6 is 0 Å². The van der Waals surface area contributed by atoms with Crippen LogP contribution in [0, 0.1) is 6.92 Å². The van der Waals surface area contributed by atoms with Gasteiger partial charge in [-0.05, 0) is 37.6 Å². The van der Waals surface area contributed by atoms with Gasteiger partial charge in [-0.15, -0.1) is 0 Å². The SMILES string of the molecule is CN=C(NCCN(C)CCCOC)NCc1ccc(OC)c(C)c1. The van der Waals surface area contributed by atoms with Gasteiger partial charge < -0.3 is 25.0 Å². The van der Waals surface area contributed by atoms with Crippen LogP contribution in [-0.2, 0) is 11.3 Å². The molecular formula is C18H32N4O2. The normalized spacial score (nSPS) is 11.7. The molecule has 0 fully saturated rings. The van der Waals surface area contributed by atoms with E-state index in [0.717, 1.165) is 56.5 Å². The average Bonchev–Trinajstić information content (AvgIpc) is 2.58. The highest BCUT2D eigenvalue weighted by atomic mass is 16.5. The summed E-state index contributed by atoms with van der Waals surface area (Å²) in [5.74, 6) is 1.73. The fourth-order valence-electron chi connectivity index (χ4n) is 2.41. The lowest BCUT2D eigenvalue weighted by atomic mass is 10.1. The fraction of sp³-hybridized carbons (Fsp3) is 0.611. The van der Waals surface area contributed by atoms with E-state index >= 15 is 0 Å². The van der Waals surface area contributed by atoms with E-state index in [4.69, 9.17) is 9.47 Å². The van der Waals surface area contributed by atoms with Crippen LogP contribution in [0.2, 0.25) is 0 Å². The first-order valence-corrected chi connectivity index (χ1v) is 8.36. The van der Waals surface area contributed by atoms with E-state index < -0.39 is 0 Å². The molecule has 0 amide bonds. The van der Waals surface area contributed by atoms with Gasteiger partial charge in [-0.25, -0.2) is 0 Å². The van der Waals surface area contributed by atoms with Gasteiger partial charge in [0.15, 0.2) is 5.96 Å². The highest BCUT2D eigenvalue weighted by Crippen LogP contribution is 2.18. The number of hydrogen-bond donors (Lipinski definition) is 2. The zero-order chi connectivity index (χ0) is 17.8. The van der Waals surface area contributed by atoms with E-state index in [-0.39, 0.29) is 0 Å². The number of likely N-dealkylation sites (N-methyl/N-ethyl adjacent to an activating group) is 1. The predicted octanol–water partition coefficient (Wildman–Crippen LogP) is 1.64. The molecule has 0 heterocycles. The lowest BCUT2D eigenvalue weighted by molar-refractivity contribution is 0.180. The van der Waals surface area contributed by atoms with Crippen LogP contribution in [0.25, 0.3) is 0 Å². The van der Waals surface area contributed by atoms with Gasteiger partial charge in [-0.2, -0.15) is 0 Å². The van der Waals surface area contributed by atoms with Gasteiger partial charge >= 0.3 is 0 Å². The van der Waals surface area contributed by atoms with Crippen molar-refractivity contribution in [2.24, 2.45) is 4.99 Å². The molecule has 0 saturated carbocycles. The molecule has 136 valence electrons. The number of aliphatic imine (C=N–C) groups is 1. The first kappa shape index (κ1) is 20.3. The highest BCUT2D eigenvalue weighted by Gasteiger charge is 2.03. The van der Waals surface area contributed by atoms with Gasteiger partial charge in [0, 0.05) is 46.9 Å². The molecule has 24 heavy (non-hydrogen) atoms. The molecule has 0 bridgehead atoms. The van der Waals surface area contributed by atoms with Crippen molar-refractivity contribution in [3.8, 4) is 5.75 Å². The van der Waals surface area contributed by atoms with Crippen molar-refractivity contribution in [1.82, 2.24) is 15.5 Å². The Balaban J connectivity index is 2.31. The monoisotopic (exact) mass is 336 g/mol. The van der Waals surface area contributed by atoms with Crippen LogP contribution in [-0.4, -0.2) is 65.4 Å². The minimum atomic E-state index is 0.730. The van der Waals surface area contributed by atoms with Crippen molar-refractivity contribution in [1.29, 1.82) is 0 Å². The summed E-state index contributed by atoms with van der Waals surface area (Å²) in [5, 5.41) is 6.68. The number of nitrogens with zero attached hydrogens (tertiary/aromatic N) is 2. The molecule has 1 rings (SSSR count). The Hall–Kier alpha value is -1.79. The molecule has 1 aromatic carbocycles. The zero-order valence-corrected chi connectivity index (χ0v) is 15.7. The van der Waals surface area contributed by atoms with E-state index in [9.17, 15) is 0 Å². The molecule has 0 saturated heterocycles. The number of benzene rings is 1. The molecule has 0 radical (unpaired) electrons. The second-order valence-corrected chi connectivity index (χ2v) is 5.81. The molecule has 0 aliphatic rings. The second kappa shape index (κ2) is 11.7. The maximum Gasteiger partial charge on any atom is 0.191 e. The van der Waals surface area contributed by atoms with Crippen LogP contribution in [0.3, 0.4) is 0 Å². The minimum Gasteiger partial charge on any atom is -0.496 e. The standard InChI is InChI=1S/C18H32N4O2/c1-15-13-16(7-8-17(15)24-5)14-21-18(19-2)20-9-11-22(3)10-6-12-23-4/h7-8,13H,6,9-12,14H2,1-5H3,(H2,19,20,21). The summed E-state index contributed by atoms with van der Waals surface area (Å²) in [6, 6.07) is 6.19. The third-order valence-electron chi connectivity index (χ3n) is 3.82. The first-order valence-electron chi connectivity index (χ1n) is 8.36. The van der Waals surface area contributed by atoms with Crippen molar-refractivity contribution in [2.75, 3.05) is 54.6 Å². The van der Waals surface area contributed by atoms with Gasteiger partial charge in [0.2, 0.25) is 0 Å². The summed E-state index contributed by atoms with van der Waals surface area (Å²) in [7, 11) is 7.34. The van der Waals surface area contributed by atoms with Gasteiger partial charge in [0.05, 0.1) is 7.11 Å². The summed E-state index contributed by atoms with van der Waals surface area (Å²) < 4.78 is 10.4. The topological polar surface area (TPSA) is 58.1 Å². The maximum absolute atomic E-state index is 5.29. The predicted molar refractivity (Wildman–Crippen MR) is 99.9 cm³/mol. The number of aryl methyl sites for hydroxylation is 1. The van der Waals surface area contributed by atoms with Crippen molar-refractivity contribution >= 4 is 5.96 Å². The van der Waals surface area contributed by atoms with Crippen LogP contribution in [0.4, 0.5) is 0 Å². The highest BCUT2D eigenvalue weighted by molar-refractivity contribution is 5.79. The molecule has 0 spiro atoms. The Morgan fingerprint density at radius 2 is 2.00 bits per heavy atom. The van der Waals surface area contributed by atoms with E-state index in [1.54, 1.807) is 21.3 Å². The van der Waals surface area contributed by atoms with E-state index in [0.29, 0.717) is 0 Å². The minimum absolute atomic E-state index is 0.730. The number of hydrogen-bond acceptors (Lipinski definition) is 4. The van der Waals surface area contributed by atoms with E-state index in [1.165, 1.54) is 5.56 Å². The molecule has 0 aliphatic heterocycles. The number of methoxy groups -OCH3 is 2. The summed E-state index contributed by atoms with van der Waals surface area (Å²) in [5.41, 5.74) is 2.34. The third-order valence-corrected chi connectivity index (χ3v) is 3.82. The third kappa shape index (κ3) is 7.66. The largest absolute Gasteiger partial charge is 0.496 e. The molecule has 0 atom stereocenters. The van der Waals surface area contributed by atoms with Gasteiger partial charge in [0.1, 0.15) is 5.75 Å². The molecular weight excluding hydrogens is 304 g/mol. The van der Waals surface area contributed by atoms with Gasteiger partial charge in [-0.3, -0.25) is 4.99 Å². The zero-order valence-electron chi connectivity index (χ0n) is 15.7. The summed E-state index contributed by atoms with van der Waals surface area (Å²) in [6.07, 6.45) is 1.05. The summed E-state index contributed by atoms with van der Waals surface area (Å²) in [6.45, 7) is 6.44. The number of ether oxygens (including phenoxy) is 2.